The van der Waals surface area contributed by atoms with Crippen molar-refractivity contribution in [2.45, 2.75) is 0 Å². The normalized spacial score (nSPS) is 16.1. The maximum Gasteiger partial charge on any atom is 0.337 e. The molecule has 1 aromatic heterocycles. The number of aromatic nitrogens is 1. The van der Waals surface area contributed by atoms with E-state index in [0.717, 1.165) is 24.6 Å². The second-order valence-corrected chi connectivity index (χ2v) is 4.76. The van der Waals surface area contributed by atoms with Crippen molar-refractivity contribution in [1.82, 2.24) is 4.98 Å². The minimum atomic E-state index is -1.01. The second kappa shape index (κ2) is 4.61. The van der Waals surface area contributed by atoms with Crippen molar-refractivity contribution in [3.63, 3.8) is 0 Å². The van der Waals surface area contributed by atoms with Crippen molar-refractivity contribution in [2.75, 3.05) is 35.2 Å². The van der Waals surface area contributed by atoms with Gasteiger partial charge in [-0.25, -0.2) is 9.78 Å². The first kappa shape index (κ1) is 11.1. The van der Waals surface area contributed by atoms with Crippen molar-refractivity contribution in [3.8, 4) is 0 Å². The summed E-state index contributed by atoms with van der Waals surface area (Å²) < 4.78 is 0. The van der Waals surface area contributed by atoms with Crippen LogP contribution in [0.4, 0.5) is 11.5 Å². The minimum absolute atomic E-state index is 0.128. The smallest absolute Gasteiger partial charge is 0.337 e. The molecular weight excluding hydrogens is 226 g/mol. The van der Waals surface area contributed by atoms with Crippen LogP contribution >= 0.6 is 11.8 Å². The molecule has 1 aliphatic rings. The van der Waals surface area contributed by atoms with Crippen LogP contribution in [-0.4, -0.2) is 40.7 Å². The van der Waals surface area contributed by atoms with E-state index in [-0.39, 0.29) is 11.3 Å². The number of rotatable bonds is 2. The Morgan fingerprint density at radius 1 is 1.50 bits per heavy atom. The Kier molecular flexibility index (Phi) is 3.19. The fourth-order valence-corrected chi connectivity index (χ4v) is 2.51. The lowest BCUT2D eigenvalue weighted by atomic mass is 10.2. The van der Waals surface area contributed by atoms with Gasteiger partial charge in [0.1, 0.15) is 5.82 Å². The summed E-state index contributed by atoms with van der Waals surface area (Å²) in [5.74, 6) is 1.79. The summed E-state index contributed by atoms with van der Waals surface area (Å²) in [4.78, 5) is 17.2. The summed E-state index contributed by atoms with van der Waals surface area (Å²) in [5, 5.41) is 8.96. The highest BCUT2D eigenvalue weighted by Crippen LogP contribution is 2.21. The van der Waals surface area contributed by atoms with E-state index in [1.54, 1.807) is 6.07 Å². The van der Waals surface area contributed by atoms with Gasteiger partial charge in [-0.15, -0.1) is 0 Å². The van der Waals surface area contributed by atoms with Crippen molar-refractivity contribution >= 4 is 29.2 Å². The van der Waals surface area contributed by atoms with Crippen LogP contribution in [0.1, 0.15) is 10.4 Å². The molecule has 1 aromatic rings. The van der Waals surface area contributed by atoms with Gasteiger partial charge in [0.2, 0.25) is 0 Å². The number of nitrogens with two attached hydrogens (primary N) is 1. The molecule has 0 spiro atoms. The summed E-state index contributed by atoms with van der Waals surface area (Å²) in [6, 6.07) is 1.55. The molecule has 1 fully saturated rings. The highest BCUT2D eigenvalue weighted by atomic mass is 32.2. The molecule has 0 bridgehead atoms. The number of aromatic carboxylic acids is 1. The van der Waals surface area contributed by atoms with Crippen LogP contribution in [0.25, 0.3) is 0 Å². The first-order valence-electron chi connectivity index (χ1n) is 5.00. The van der Waals surface area contributed by atoms with Gasteiger partial charge in [0.25, 0.3) is 0 Å². The molecule has 6 heteroatoms. The summed E-state index contributed by atoms with van der Waals surface area (Å²) in [7, 11) is 0. The Morgan fingerprint density at radius 3 is 2.81 bits per heavy atom. The lowest BCUT2D eigenvalue weighted by Gasteiger charge is -2.27. The van der Waals surface area contributed by atoms with E-state index in [2.05, 4.69) is 9.88 Å². The number of pyridine rings is 1. The Hall–Kier alpha value is -1.43. The molecule has 0 radical (unpaired) electrons. The first-order valence-corrected chi connectivity index (χ1v) is 6.15. The molecule has 0 amide bonds. The fourth-order valence-electron chi connectivity index (χ4n) is 1.61. The predicted octanol–water partition coefficient (Wildman–Crippen LogP) is 0.915. The maximum atomic E-state index is 10.9. The van der Waals surface area contributed by atoms with E-state index in [1.807, 2.05) is 11.8 Å². The predicted molar refractivity (Wildman–Crippen MR) is 65.1 cm³/mol. The average Bonchev–Trinajstić information content (AvgIpc) is 2.30. The first-order chi connectivity index (χ1) is 7.68. The Morgan fingerprint density at radius 2 is 2.19 bits per heavy atom. The Balaban J connectivity index is 2.27. The van der Waals surface area contributed by atoms with Gasteiger partial charge in [-0.3, -0.25) is 0 Å². The summed E-state index contributed by atoms with van der Waals surface area (Å²) in [5.41, 5.74) is 5.89. The zero-order valence-corrected chi connectivity index (χ0v) is 9.54. The fraction of sp³-hybridized carbons (Fsp3) is 0.400. The number of nitrogen functional groups attached to an aromatic ring is 1. The van der Waals surface area contributed by atoms with Crippen molar-refractivity contribution in [3.05, 3.63) is 17.8 Å². The third kappa shape index (κ3) is 2.21. The number of carboxylic acid groups (broad SMARTS) is 1. The summed E-state index contributed by atoms with van der Waals surface area (Å²) in [6.45, 7) is 1.81. The Labute approximate surface area is 97.6 Å². The molecule has 2 rings (SSSR count). The topological polar surface area (TPSA) is 79.5 Å². The monoisotopic (exact) mass is 239 g/mol. The van der Waals surface area contributed by atoms with Crippen LogP contribution < -0.4 is 10.6 Å². The zero-order valence-electron chi connectivity index (χ0n) is 8.72. The summed E-state index contributed by atoms with van der Waals surface area (Å²) in [6.07, 6.45) is 1.42. The van der Waals surface area contributed by atoms with Gasteiger partial charge in [-0.2, -0.15) is 11.8 Å². The molecule has 1 aliphatic heterocycles. The van der Waals surface area contributed by atoms with E-state index in [4.69, 9.17) is 10.8 Å². The third-order valence-electron chi connectivity index (χ3n) is 2.49. The molecule has 86 valence electrons. The number of hydrogen-bond donors (Lipinski definition) is 2. The lowest BCUT2D eigenvalue weighted by molar-refractivity contribution is 0.0698. The van der Waals surface area contributed by atoms with Gasteiger partial charge in [0, 0.05) is 24.6 Å². The SMILES string of the molecule is Nc1cnc(N2CCSCC2)cc1C(=O)O. The van der Waals surface area contributed by atoms with Gasteiger partial charge < -0.3 is 15.7 Å². The van der Waals surface area contributed by atoms with Gasteiger partial charge >= 0.3 is 5.97 Å². The molecule has 16 heavy (non-hydrogen) atoms. The van der Waals surface area contributed by atoms with Gasteiger partial charge in [0.15, 0.2) is 0 Å². The summed E-state index contributed by atoms with van der Waals surface area (Å²) >= 11 is 1.90. The Bertz CT molecular complexity index is 405. The van der Waals surface area contributed by atoms with E-state index >= 15 is 0 Å². The van der Waals surface area contributed by atoms with Crippen molar-refractivity contribution in [2.24, 2.45) is 0 Å². The number of hydrogen-bond acceptors (Lipinski definition) is 5. The molecule has 5 nitrogen and oxygen atoms in total. The lowest BCUT2D eigenvalue weighted by Crippen LogP contribution is -2.33. The van der Waals surface area contributed by atoms with E-state index in [9.17, 15) is 4.79 Å². The quantitative estimate of drug-likeness (QED) is 0.798. The van der Waals surface area contributed by atoms with Crippen LogP contribution in [0.15, 0.2) is 12.3 Å². The van der Waals surface area contributed by atoms with Gasteiger partial charge in [-0.1, -0.05) is 0 Å². The standard InChI is InChI=1S/C10H13N3O2S/c11-8-6-12-9(5-7(8)10(14)15)13-1-3-16-4-2-13/h5-6H,1-4,11H2,(H,14,15). The zero-order chi connectivity index (χ0) is 11.5. The van der Waals surface area contributed by atoms with Gasteiger partial charge in [-0.05, 0) is 6.07 Å². The molecule has 0 aromatic carbocycles. The van der Waals surface area contributed by atoms with Crippen LogP contribution in [0.3, 0.4) is 0 Å². The van der Waals surface area contributed by atoms with E-state index in [1.165, 1.54) is 6.20 Å². The van der Waals surface area contributed by atoms with Crippen LogP contribution in [-0.2, 0) is 0 Å². The van der Waals surface area contributed by atoms with Crippen LogP contribution in [0.5, 0.6) is 0 Å². The number of carboxylic acids is 1. The molecule has 2 heterocycles. The van der Waals surface area contributed by atoms with E-state index in [0.29, 0.717) is 5.82 Å². The highest BCUT2D eigenvalue weighted by Gasteiger charge is 2.16. The maximum absolute atomic E-state index is 10.9. The molecule has 3 N–H and O–H groups in total. The van der Waals surface area contributed by atoms with E-state index < -0.39 is 5.97 Å². The second-order valence-electron chi connectivity index (χ2n) is 3.53. The molecule has 0 atom stereocenters. The van der Waals surface area contributed by atoms with Crippen LogP contribution in [0.2, 0.25) is 0 Å². The molecule has 1 saturated heterocycles. The van der Waals surface area contributed by atoms with Gasteiger partial charge in [0.05, 0.1) is 17.4 Å². The largest absolute Gasteiger partial charge is 0.478 e. The number of anilines is 2. The molecule has 0 aliphatic carbocycles. The molecular formula is C10H13N3O2S. The number of thioether (sulfide) groups is 1. The highest BCUT2D eigenvalue weighted by molar-refractivity contribution is 7.99. The molecule has 0 unspecified atom stereocenters. The van der Waals surface area contributed by atoms with Crippen LogP contribution in [0, 0.1) is 0 Å². The molecule has 0 saturated carbocycles. The number of carbonyl (C=O) groups is 1. The van der Waals surface area contributed by atoms with Crippen molar-refractivity contribution < 1.29 is 9.90 Å². The van der Waals surface area contributed by atoms with Crippen molar-refractivity contribution in [1.29, 1.82) is 0 Å². The average molecular weight is 239 g/mol. The number of nitrogens with zero attached hydrogens (tertiary/aromatic N) is 2. The minimum Gasteiger partial charge on any atom is -0.478 e. The third-order valence-corrected chi connectivity index (χ3v) is 3.43.